The zero-order valence-electron chi connectivity index (χ0n) is 9.81. The third-order valence-corrected chi connectivity index (χ3v) is 4.75. The van der Waals surface area contributed by atoms with E-state index in [9.17, 15) is 4.79 Å². The first-order valence-corrected chi connectivity index (χ1v) is 8.01. The second-order valence-electron chi connectivity index (χ2n) is 4.73. The molecular formula is C13H14Br2ClNO. The van der Waals surface area contributed by atoms with Crippen LogP contribution in [0.15, 0.2) is 27.1 Å². The highest BCUT2D eigenvalue weighted by atomic mass is 79.9. The Morgan fingerprint density at radius 1 is 1.22 bits per heavy atom. The Labute approximate surface area is 129 Å². The number of rotatable bonds is 3. The first kappa shape index (κ1) is 14.4. The van der Waals surface area contributed by atoms with Crippen LogP contribution in [0.1, 0.15) is 36.0 Å². The molecule has 1 amide bonds. The molecule has 1 aromatic rings. The van der Waals surface area contributed by atoms with Crippen LogP contribution in [0, 0.1) is 0 Å². The van der Waals surface area contributed by atoms with Gasteiger partial charge in [0.05, 0.1) is 5.54 Å². The average Bonchev–Trinajstić information content (AvgIpc) is 2.77. The molecule has 18 heavy (non-hydrogen) atoms. The van der Waals surface area contributed by atoms with Crippen LogP contribution in [0.3, 0.4) is 0 Å². The third kappa shape index (κ3) is 3.28. The van der Waals surface area contributed by atoms with E-state index in [1.165, 1.54) is 0 Å². The highest BCUT2D eigenvalue weighted by Crippen LogP contribution is 2.31. The van der Waals surface area contributed by atoms with Gasteiger partial charge in [-0.05, 0) is 31.0 Å². The quantitative estimate of drug-likeness (QED) is 0.751. The highest BCUT2D eigenvalue weighted by Gasteiger charge is 2.34. The number of alkyl halides is 1. The minimum atomic E-state index is -0.215. The van der Waals surface area contributed by atoms with E-state index in [-0.39, 0.29) is 11.4 Å². The summed E-state index contributed by atoms with van der Waals surface area (Å²) in [5.74, 6) is 0.424. The summed E-state index contributed by atoms with van der Waals surface area (Å²) in [6.07, 6.45) is 4.21. The van der Waals surface area contributed by atoms with Crippen LogP contribution in [0.5, 0.6) is 0 Å². The van der Waals surface area contributed by atoms with Crippen molar-refractivity contribution < 1.29 is 4.79 Å². The van der Waals surface area contributed by atoms with Crippen molar-refractivity contribution in [2.75, 3.05) is 5.88 Å². The fourth-order valence-electron chi connectivity index (χ4n) is 2.34. The predicted molar refractivity (Wildman–Crippen MR) is 81.2 cm³/mol. The van der Waals surface area contributed by atoms with Gasteiger partial charge in [0.2, 0.25) is 0 Å². The zero-order valence-corrected chi connectivity index (χ0v) is 13.7. The number of halogens is 3. The van der Waals surface area contributed by atoms with Crippen LogP contribution in [-0.2, 0) is 0 Å². The summed E-state index contributed by atoms with van der Waals surface area (Å²) in [5.41, 5.74) is 0.431. The van der Waals surface area contributed by atoms with Gasteiger partial charge in [0.25, 0.3) is 5.91 Å². The van der Waals surface area contributed by atoms with E-state index in [0.717, 1.165) is 34.6 Å². The lowest BCUT2D eigenvalue weighted by Gasteiger charge is -2.27. The normalized spacial score (nSPS) is 17.7. The van der Waals surface area contributed by atoms with E-state index in [0.29, 0.717) is 11.4 Å². The second kappa shape index (κ2) is 5.93. The number of carbonyl (C=O) groups excluding carboxylic acids is 1. The van der Waals surface area contributed by atoms with Gasteiger partial charge in [-0.1, -0.05) is 44.7 Å². The van der Waals surface area contributed by atoms with Crippen LogP contribution >= 0.6 is 43.5 Å². The van der Waals surface area contributed by atoms with E-state index in [2.05, 4.69) is 37.2 Å². The number of hydrogen-bond acceptors (Lipinski definition) is 1. The Bertz CT molecular complexity index is 438. The van der Waals surface area contributed by atoms with E-state index in [1.54, 1.807) is 0 Å². The maximum absolute atomic E-state index is 12.3. The van der Waals surface area contributed by atoms with E-state index < -0.39 is 0 Å². The number of amides is 1. The van der Waals surface area contributed by atoms with Crippen molar-refractivity contribution in [2.24, 2.45) is 0 Å². The molecule has 0 aliphatic heterocycles. The largest absolute Gasteiger partial charge is 0.345 e. The van der Waals surface area contributed by atoms with Crippen molar-refractivity contribution in [1.82, 2.24) is 5.32 Å². The summed E-state index contributed by atoms with van der Waals surface area (Å²) >= 11 is 12.8. The summed E-state index contributed by atoms with van der Waals surface area (Å²) in [6.45, 7) is 0. The van der Waals surface area contributed by atoms with Gasteiger partial charge < -0.3 is 5.32 Å². The molecule has 0 unspecified atom stereocenters. The molecule has 1 aliphatic carbocycles. The lowest BCUT2D eigenvalue weighted by atomic mass is 9.99. The van der Waals surface area contributed by atoms with Crippen molar-refractivity contribution in [3.05, 3.63) is 32.7 Å². The highest BCUT2D eigenvalue weighted by molar-refractivity contribution is 9.11. The number of carbonyl (C=O) groups is 1. The monoisotopic (exact) mass is 393 g/mol. The number of hydrogen-bond donors (Lipinski definition) is 1. The third-order valence-electron chi connectivity index (χ3n) is 3.32. The summed E-state index contributed by atoms with van der Waals surface area (Å²) in [4.78, 5) is 12.3. The van der Waals surface area contributed by atoms with Crippen LogP contribution in [0.25, 0.3) is 0 Å². The predicted octanol–water partition coefficient (Wildman–Crippen LogP) is 4.49. The fourth-order valence-corrected chi connectivity index (χ4v) is 3.97. The zero-order chi connectivity index (χ0) is 13.2. The summed E-state index contributed by atoms with van der Waals surface area (Å²) < 4.78 is 1.77. The first-order valence-electron chi connectivity index (χ1n) is 5.89. The minimum absolute atomic E-state index is 0.0560. The lowest BCUT2D eigenvalue weighted by Crippen LogP contribution is -2.47. The Balaban J connectivity index is 2.16. The molecule has 0 aromatic heterocycles. The van der Waals surface area contributed by atoms with E-state index in [4.69, 9.17) is 11.6 Å². The fraction of sp³-hybridized carbons (Fsp3) is 0.462. The summed E-state index contributed by atoms with van der Waals surface area (Å²) in [5, 5.41) is 3.10. The molecule has 5 heteroatoms. The molecule has 1 aliphatic rings. The van der Waals surface area contributed by atoms with Crippen LogP contribution in [0.4, 0.5) is 0 Å². The molecule has 0 heterocycles. The molecule has 0 spiro atoms. The van der Waals surface area contributed by atoms with Gasteiger partial charge in [-0.2, -0.15) is 0 Å². The Hall–Kier alpha value is -0.0600. The van der Waals surface area contributed by atoms with Gasteiger partial charge in [0.15, 0.2) is 0 Å². The first-order chi connectivity index (χ1) is 8.54. The molecule has 0 saturated heterocycles. The minimum Gasteiger partial charge on any atom is -0.345 e. The molecule has 0 atom stereocenters. The van der Waals surface area contributed by atoms with Crippen molar-refractivity contribution in [2.45, 2.75) is 31.2 Å². The molecule has 0 radical (unpaired) electrons. The van der Waals surface area contributed by atoms with Gasteiger partial charge in [-0.3, -0.25) is 4.79 Å². The SMILES string of the molecule is O=C(NC1(CCl)CCCC1)c1cc(Br)cc(Br)c1. The molecule has 2 nitrogen and oxygen atoms in total. The van der Waals surface area contributed by atoms with Crippen LogP contribution in [0.2, 0.25) is 0 Å². The van der Waals surface area contributed by atoms with Crippen LogP contribution < -0.4 is 5.32 Å². The van der Waals surface area contributed by atoms with Gasteiger partial charge in [-0.15, -0.1) is 11.6 Å². The maximum Gasteiger partial charge on any atom is 0.251 e. The van der Waals surface area contributed by atoms with Gasteiger partial charge in [0, 0.05) is 20.4 Å². The molecular weight excluding hydrogens is 381 g/mol. The van der Waals surface area contributed by atoms with Crippen molar-refractivity contribution >= 4 is 49.4 Å². The van der Waals surface area contributed by atoms with Crippen molar-refractivity contribution in [1.29, 1.82) is 0 Å². The van der Waals surface area contributed by atoms with Gasteiger partial charge in [-0.25, -0.2) is 0 Å². The average molecular weight is 396 g/mol. The van der Waals surface area contributed by atoms with Crippen molar-refractivity contribution in [3.8, 4) is 0 Å². The van der Waals surface area contributed by atoms with Crippen molar-refractivity contribution in [3.63, 3.8) is 0 Å². The molecule has 1 aromatic carbocycles. The van der Waals surface area contributed by atoms with Crippen LogP contribution in [-0.4, -0.2) is 17.3 Å². The Kier molecular flexibility index (Phi) is 4.73. The van der Waals surface area contributed by atoms with Gasteiger partial charge in [0.1, 0.15) is 0 Å². The smallest absolute Gasteiger partial charge is 0.251 e. The topological polar surface area (TPSA) is 29.1 Å². The van der Waals surface area contributed by atoms with E-state index in [1.807, 2.05) is 18.2 Å². The molecule has 98 valence electrons. The molecule has 0 bridgehead atoms. The Morgan fingerprint density at radius 3 is 2.28 bits per heavy atom. The number of nitrogens with one attached hydrogen (secondary N) is 1. The van der Waals surface area contributed by atoms with E-state index >= 15 is 0 Å². The lowest BCUT2D eigenvalue weighted by molar-refractivity contribution is 0.0909. The number of benzene rings is 1. The molecule has 1 saturated carbocycles. The second-order valence-corrected chi connectivity index (χ2v) is 6.83. The summed E-state index contributed by atoms with van der Waals surface area (Å²) in [7, 11) is 0. The molecule has 1 fully saturated rings. The maximum atomic E-state index is 12.3. The van der Waals surface area contributed by atoms with Gasteiger partial charge >= 0.3 is 0 Å². The standard InChI is InChI=1S/C13H14Br2ClNO/c14-10-5-9(6-11(15)7-10)12(18)17-13(8-16)3-1-2-4-13/h5-7H,1-4,8H2,(H,17,18). The summed E-state index contributed by atoms with van der Waals surface area (Å²) in [6, 6.07) is 5.54. The Morgan fingerprint density at radius 2 is 1.78 bits per heavy atom. The molecule has 2 rings (SSSR count). The molecule has 1 N–H and O–H groups in total.